The molecule has 0 bridgehead atoms. The normalized spacial score (nSPS) is 15.6. The van der Waals surface area contributed by atoms with Gasteiger partial charge in [0.25, 0.3) is 0 Å². The van der Waals surface area contributed by atoms with E-state index in [1.165, 1.54) is 6.07 Å². The minimum absolute atomic E-state index is 0.114. The van der Waals surface area contributed by atoms with E-state index in [0.717, 1.165) is 23.3 Å². The molecule has 3 aromatic carbocycles. The first-order valence-corrected chi connectivity index (χ1v) is 11.6. The Morgan fingerprint density at radius 1 is 1.00 bits per heavy atom. The van der Waals surface area contributed by atoms with Gasteiger partial charge in [-0.2, -0.15) is 21.6 Å². The van der Waals surface area contributed by atoms with Gasteiger partial charge in [0, 0.05) is 11.6 Å². The molecule has 0 unspecified atom stereocenters. The molecule has 0 aliphatic heterocycles. The highest BCUT2D eigenvalue weighted by Gasteiger charge is 2.49. The monoisotopic (exact) mass is 514 g/mol. The Morgan fingerprint density at radius 2 is 1.71 bits per heavy atom. The van der Waals surface area contributed by atoms with Gasteiger partial charge in [-0.05, 0) is 41.7 Å². The van der Waals surface area contributed by atoms with Crippen molar-refractivity contribution in [1.29, 1.82) is 0 Å². The van der Waals surface area contributed by atoms with Gasteiger partial charge >= 0.3 is 15.6 Å². The molecule has 11 heteroatoms. The van der Waals surface area contributed by atoms with E-state index in [4.69, 9.17) is 16.3 Å². The number of hydrogen-bond acceptors (Lipinski definition) is 5. The third-order valence-corrected chi connectivity index (χ3v) is 6.58. The maximum absolute atomic E-state index is 14.4. The zero-order valence-electron chi connectivity index (χ0n) is 17.1. The minimum atomic E-state index is -6.02. The predicted octanol–water partition coefficient (Wildman–Crippen LogP) is 6.25. The highest BCUT2D eigenvalue weighted by molar-refractivity contribution is 7.88. The van der Waals surface area contributed by atoms with E-state index in [2.05, 4.69) is 4.18 Å². The van der Waals surface area contributed by atoms with Crippen molar-refractivity contribution in [2.24, 2.45) is 0 Å². The summed E-state index contributed by atoms with van der Waals surface area (Å²) in [5.41, 5.74) is -3.53. The third kappa shape index (κ3) is 4.47. The Hall–Kier alpha value is -3.11. The summed E-state index contributed by atoms with van der Waals surface area (Å²) >= 11 is 6.13. The van der Waals surface area contributed by atoms with Crippen LogP contribution in [0.2, 0.25) is 5.02 Å². The Morgan fingerprint density at radius 3 is 2.38 bits per heavy atom. The van der Waals surface area contributed by atoms with Crippen LogP contribution in [0.5, 0.6) is 11.5 Å². The van der Waals surface area contributed by atoms with E-state index in [-0.39, 0.29) is 22.9 Å². The molecule has 0 saturated carbocycles. The first-order chi connectivity index (χ1) is 16.0. The van der Waals surface area contributed by atoms with Gasteiger partial charge in [0.2, 0.25) is 0 Å². The first kappa shape index (κ1) is 24.0. The minimum Gasteiger partial charge on any atom is -0.484 e. The van der Waals surface area contributed by atoms with Crippen LogP contribution in [0, 0.1) is 5.82 Å². The van der Waals surface area contributed by atoms with Crippen LogP contribution in [-0.4, -0.2) is 20.2 Å². The zero-order valence-corrected chi connectivity index (χ0v) is 18.7. The molecular weight excluding hydrogens is 500 g/mol. The van der Waals surface area contributed by atoms with Crippen LogP contribution < -0.4 is 8.92 Å². The van der Waals surface area contributed by atoms with Gasteiger partial charge < -0.3 is 8.92 Å². The van der Waals surface area contributed by atoms with E-state index in [0.29, 0.717) is 24.0 Å². The lowest BCUT2D eigenvalue weighted by Gasteiger charge is -2.18. The van der Waals surface area contributed by atoms with E-state index < -0.39 is 33.0 Å². The molecule has 0 saturated heterocycles. The van der Waals surface area contributed by atoms with Crippen LogP contribution in [0.4, 0.5) is 17.6 Å². The van der Waals surface area contributed by atoms with Crippen molar-refractivity contribution in [3.05, 3.63) is 82.1 Å². The van der Waals surface area contributed by atoms with Gasteiger partial charge in [-0.1, -0.05) is 48.0 Å². The fraction of sp³-hybridized carbons (Fsp3) is 0.174. The summed E-state index contributed by atoms with van der Waals surface area (Å²) in [5, 5.41) is -0.127. The van der Waals surface area contributed by atoms with Crippen molar-refractivity contribution in [2.75, 3.05) is 0 Å². The predicted molar refractivity (Wildman–Crippen MR) is 116 cm³/mol. The van der Waals surface area contributed by atoms with Crippen LogP contribution in [0.25, 0.3) is 11.1 Å². The van der Waals surface area contributed by atoms with Crippen LogP contribution in [0.15, 0.2) is 54.6 Å². The van der Waals surface area contributed by atoms with Gasteiger partial charge in [0.1, 0.15) is 17.7 Å². The summed E-state index contributed by atoms with van der Waals surface area (Å²) in [5.74, 6) is -1.43. The Kier molecular flexibility index (Phi) is 6.30. The van der Waals surface area contributed by atoms with Crippen molar-refractivity contribution in [3.63, 3.8) is 0 Å². The molecule has 5 nitrogen and oxygen atoms in total. The zero-order chi connectivity index (χ0) is 24.7. The maximum atomic E-state index is 14.4. The van der Waals surface area contributed by atoms with Gasteiger partial charge in [-0.15, -0.1) is 0 Å². The van der Waals surface area contributed by atoms with Crippen LogP contribution in [-0.2, 0) is 16.5 Å². The molecular formula is C23H15ClF4O5S. The fourth-order valence-corrected chi connectivity index (χ4v) is 4.49. The summed E-state index contributed by atoms with van der Waals surface area (Å²) in [6.07, 6.45) is 0.486. The molecule has 1 atom stereocenters. The molecule has 3 aromatic rings. The molecule has 0 heterocycles. The summed E-state index contributed by atoms with van der Waals surface area (Å²) in [4.78, 5) is 11.2. The molecule has 0 amide bonds. The molecule has 0 N–H and O–H groups in total. The van der Waals surface area contributed by atoms with Gasteiger partial charge in [-0.3, -0.25) is 4.79 Å². The van der Waals surface area contributed by atoms with Gasteiger partial charge in [0.05, 0.1) is 10.6 Å². The number of carbonyl (C=O) groups excluding carboxylic acids is 1. The molecule has 0 fully saturated rings. The molecule has 1 aliphatic rings. The van der Waals surface area contributed by atoms with Crippen LogP contribution in [0.1, 0.15) is 34.0 Å². The number of halogens is 5. The van der Waals surface area contributed by atoms with Gasteiger partial charge in [0.15, 0.2) is 12.0 Å². The second-order valence-corrected chi connectivity index (χ2v) is 9.36. The summed E-state index contributed by atoms with van der Waals surface area (Å²) in [6, 6.07) is 13.4. The maximum Gasteiger partial charge on any atom is 0.534 e. The number of rotatable bonds is 6. The second-order valence-electron chi connectivity index (χ2n) is 7.42. The van der Waals surface area contributed by atoms with Crippen molar-refractivity contribution < 1.29 is 39.7 Å². The largest absolute Gasteiger partial charge is 0.534 e. The number of ether oxygens (including phenoxy) is 1. The van der Waals surface area contributed by atoms with Crippen molar-refractivity contribution in [3.8, 4) is 22.6 Å². The molecule has 1 aliphatic carbocycles. The van der Waals surface area contributed by atoms with Crippen LogP contribution in [0.3, 0.4) is 0 Å². The molecule has 0 aromatic heterocycles. The van der Waals surface area contributed by atoms with Crippen molar-refractivity contribution >= 4 is 28.0 Å². The number of fused-ring (bicyclic) bond motifs is 1. The number of hydrogen-bond donors (Lipinski definition) is 0. The molecule has 34 heavy (non-hydrogen) atoms. The Bertz CT molecular complexity index is 1370. The van der Waals surface area contributed by atoms with Gasteiger partial charge in [-0.25, -0.2) is 4.39 Å². The van der Waals surface area contributed by atoms with E-state index in [1.807, 2.05) is 0 Å². The quantitative estimate of drug-likeness (QED) is 0.168. The van der Waals surface area contributed by atoms with E-state index >= 15 is 0 Å². The fourth-order valence-electron chi connectivity index (χ4n) is 3.79. The highest BCUT2D eigenvalue weighted by Crippen LogP contribution is 2.43. The highest BCUT2D eigenvalue weighted by atomic mass is 35.5. The second kappa shape index (κ2) is 8.92. The standard InChI is InChI=1S/C23H15ClF4O5S/c24-18-10-13(12-29)21(33-34(30,31)23(26,27)28)11-22(18)32-20-9-8-15-14(5-3-6-17(15)20)16-4-1-2-7-19(16)25/h1-7,10-12,20H,8-9H2/t20-/m0/s1. The first-order valence-electron chi connectivity index (χ1n) is 9.84. The average molecular weight is 515 g/mol. The summed E-state index contributed by atoms with van der Waals surface area (Å²) < 4.78 is 85.5. The molecule has 0 radical (unpaired) electrons. The molecule has 178 valence electrons. The third-order valence-electron chi connectivity index (χ3n) is 5.32. The summed E-state index contributed by atoms with van der Waals surface area (Å²) in [6.45, 7) is 0. The smallest absolute Gasteiger partial charge is 0.484 e. The van der Waals surface area contributed by atoms with E-state index in [1.54, 1.807) is 36.4 Å². The van der Waals surface area contributed by atoms with E-state index in [9.17, 15) is 30.8 Å². The lowest BCUT2D eigenvalue weighted by Crippen LogP contribution is -2.28. The van der Waals surface area contributed by atoms with Crippen LogP contribution >= 0.6 is 11.6 Å². The Labute approximate surface area is 197 Å². The topological polar surface area (TPSA) is 69.7 Å². The Balaban J connectivity index is 1.69. The SMILES string of the molecule is O=Cc1cc(Cl)c(O[C@H]2CCc3c(-c4ccccc4F)cccc32)cc1OS(=O)(=O)C(F)(F)F. The number of carbonyl (C=O) groups is 1. The van der Waals surface area contributed by atoms with Crippen molar-refractivity contribution in [1.82, 2.24) is 0 Å². The number of benzene rings is 3. The van der Waals surface area contributed by atoms with Crippen molar-refractivity contribution in [2.45, 2.75) is 24.5 Å². The number of alkyl halides is 3. The number of aldehydes is 1. The average Bonchev–Trinajstić information content (AvgIpc) is 3.18. The lowest BCUT2D eigenvalue weighted by molar-refractivity contribution is -0.0500. The lowest BCUT2D eigenvalue weighted by atomic mass is 9.96. The summed E-state index contributed by atoms with van der Waals surface area (Å²) in [7, 11) is -6.02. The molecule has 0 spiro atoms. The molecule has 4 rings (SSSR count).